The molecule has 0 spiro atoms. The Morgan fingerprint density at radius 3 is 2.23 bits per heavy atom. The van der Waals surface area contributed by atoms with E-state index in [2.05, 4.69) is 10.6 Å². The van der Waals surface area contributed by atoms with Crippen molar-refractivity contribution in [3.05, 3.63) is 59.7 Å². The average Bonchev–Trinajstić information content (AvgIpc) is 2.54. The number of esters is 1. The molecule has 0 saturated carbocycles. The molecule has 26 heavy (non-hydrogen) atoms. The second kappa shape index (κ2) is 8.18. The summed E-state index contributed by atoms with van der Waals surface area (Å²) < 4.78 is 44.0. The lowest BCUT2D eigenvalue weighted by Crippen LogP contribution is -2.21. The van der Waals surface area contributed by atoms with E-state index >= 15 is 0 Å². The number of alkyl halides is 3. The van der Waals surface area contributed by atoms with Crippen LogP contribution >= 0.6 is 12.2 Å². The van der Waals surface area contributed by atoms with Crippen LogP contribution in [0.1, 0.15) is 29.8 Å². The van der Waals surface area contributed by atoms with Crippen LogP contribution in [0.25, 0.3) is 0 Å². The molecule has 0 saturated heterocycles. The fraction of sp³-hybridized carbons (Fsp3) is 0.222. The molecule has 0 aliphatic heterocycles. The second-order valence-electron chi connectivity index (χ2n) is 5.65. The summed E-state index contributed by atoms with van der Waals surface area (Å²) in [6.45, 7) is 3.49. The molecule has 2 aromatic carbocycles. The van der Waals surface area contributed by atoms with E-state index in [1.54, 1.807) is 38.1 Å². The molecule has 2 rings (SSSR count). The molecule has 0 unspecified atom stereocenters. The van der Waals surface area contributed by atoms with Gasteiger partial charge in [0.15, 0.2) is 5.11 Å². The number of nitrogens with one attached hydrogen (secondary N) is 2. The van der Waals surface area contributed by atoms with Crippen LogP contribution in [0.15, 0.2) is 48.5 Å². The summed E-state index contributed by atoms with van der Waals surface area (Å²) >= 11 is 5.06. The van der Waals surface area contributed by atoms with Crippen molar-refractivity contribution >= 4 is 34.7 Å². The number of carbonyl (C=O) groups excluding carboxylic acids is 1. The van der Waals surface area contributed by atoms with Gasteiger partial charge in [0.05, 0.1) is 22.9 Å². The summed E-state index contributed by atoms with van der Waals surface area (Å²) in [7, 11) is 0. The summed E-state index contributed by atoms with van der Waals surface area (Å²) in [4.78, 5) is 11.8. The molecular formula is C18H17F3N2O2S. The number of hydrogen-bond acceptors (Lipinski definition) is 3. The number of carbonyl (C=O) groups is 1. The van der Waals surface area contributed by atoms with Crippen molar-refractivity contribution < 1.29 is 22.7 Å². The lowest BCUT2D eigenvalue weighted by Gasteiger charge is -2.16. The Bertz CT molecular complexity index is 790. The maximum atomic E-state index is 13.0. The number of hydrogen-bond donors (Lipinski definition) is 2. The van der Waals surface area contributed by atoms with E-state index in [0.717, 1.165) is 6.07 Å². The van der Waals surface area contributed by atoms with Gasteiger partial charge in [0, 0.05) is 5.69 Å². The molecular weight excluding hydrogens is 365 g/mol. The highest BCUT2D eigenvalue weighted by Gasteiger charge is 2.33. The first-order valence-corrected chi connectivity index (χ1v) is 8.13. The molecule has 0 aliphatic rings. The number of ether oxygens (including phenoxy) is 1. The average molecular weight is 382 g/mol. The summed E-state index contributed by atoms with van der Waals surface area (Å²) in [5.74, 6) is -0.452. The van der Waals surface area contributed by atoms with Crippen LogP contribution in [0.4, 0.5) is 24.5 Å². The quantitative estimate of drug-likeness (QED) is 0.571. The fourth-order valence-corrected chi connectivity index (χ4v) is 2.32. The van der Waals surface area contributed by atoms with Gasteiger partial charge in [0.1, 0.15) is 0 Å². The maximum Gasteiger partial charge on any atom is 0.418 e. The highest BCUT2D eigenvalue weighted by atomic mass is 32.1. The number of thiocarbonyl (C=S) groups is 1. The van der Waals surface area contributed by atoms with Gasteiger partial charge in [-0.25, -0.2) is 4.79 Å². The normalized spacial score (nSPS) is 11.2. The molecule has 8 heteroatoms. The Hall–Kier alpha value is -2.61. The molecule has 138 valence electrons. The van der Waals surface area contributed by atoms with E-state index in [-0.39, 0.29) is 16.9 Å². The number of benzene rings is 2. The predicted octanol–water partition coefficient (Wildman–Crippen LogP) is 5.08. The van der Waals surface area contributed by atoms with Crippen LogP contribution in [0, 0.1) is 0 Å². The number of anilines is 2. The van der Waals surface area contributed by atoms with Gasteiger partial charge in [-0.2, -0.15) is 13.2 Å². The molecule has 2 aromatic rings. The Morgan fingerprint density at radius 2 is 1.65 bits per heavy atom. The van der Waals surface area contributed by atoms with Gasteiger partial charge in [0.25, 0.3) is 0 Å². The minimum Gasteiger partial charge on any atom is -0.459 e. The molecule has 0 amide bonds. The minimum atomic E-state index is -4.49. The Labute approximate surface area is 154 Å². The monoisotopic (exact) mass is 382 g/mol. The first-order valence-electron chi connectivity index (χ1n) is 7.72. The van der Waals surface area contributed by atoms with E-state index < -0.39 is 17.7 Å². The van der Waals surface area contributed by atoms with Gasteiger partial charge in [-0.3, -0.25) is 0 Å². The highest BCUT2D eigenvalue weighted by Crippen LogP contribution is 2.34. The Balaban J connectivity index is 2.04. The third-order valence-electron chi connectivity index (χ3n) is 3.20. The molecule has 4 nitrogen and oxygen atoms in total. The topological polar surface area (TPSA) is 50.4 Å². The van der Waals surface area contributed by atoms with E-state index in [1.807, 2.05) is 0 Å². The van der Waals surface area contributed by atoms with Gasteiger partial charge in [-0.15, -0.1) is 0 Å². The Morgan fingerprint density at radius 1 is 1.04 bits per heavy atom. The van der Waals surface area contributed by atoms with Gasteiger partial charge < -0.3 is 15.4 Å². The van der Waals surface area contributed by atoms with Crippen molar-refractivity contribution in [3.8, 4) is 0 Å². The number of halogens is 3. The van der Waals surface area contributed by atoms with Crippen LogP contribution in [0.2, 0.25) is 0 Å². The van der Waals surface area contributed by atoms with Crippen LogP contribution in [0.5, 0.6) is 0 Å². The SMILES string of the molecule is CC(C)OC(=O)c1ccc(NC(=S)Nc2ccccc2C(F)(F)F)cc1. The van der Waals surface area contributed by atoms with Gasteiger partial charge in [-0.1, -0.05) is 12.1 Å². The van der Waals surface area contributed by atoms with Gasteiger partial charge >= 0.3 is 12.1 Å². The van der Waals surface area contributed by atoms with Crippen LogP contribution < -0.4 is 10.6 Å². The van der Waals surface area contributed by atoms with Crippen molar-refractivity contribution in [3.63, 3.8) is 0 Å². The minimum absolute atomic E-state index is 0.000734. The lowest BCUT2D eigenvalue weighted by molar-refractivity contribution is -0.136. The molecule has 0 aliphatic carbocycles. The summed E-state index contributed by atoms with van der Waals surface area (Å²) in [5, 5.41) is 5.31. The molecule has 0 fully saturated rings. The lowest BCUT2D eigenvalue weighted by atomic mass is 10.1. The maximum absolute atomic E-state index is 13.0. The molecule has 0 radical (unpaired) electrons. The van der Waals surface area contributed by atoms with Crippen molar-refractivity contribution in [2.45, 2.75) is 26.1 Å². The summed E-state index contributed by atoms with van der Waals surface area (Å²) in [5.41, 5.74) is -0.0656. The predicted molar refractivity (Wildman–Crippen MR) is 98.3 cm³/mol. The zero-order valence-electron chi connectivity index (χ0n) is 14.1. The number of rotatable bonds is 4. The van der Waals surface area contributed by atoms with Crippen molar-refractivity contribution in [2.24, 2.45) is 0 Å². The molecule has 0 atom stereocenters. The third-order valence-corrected chi connectivity index (χ3v) is 3.41. The summed E-state index contributed by atoms with van der Waals surface area (Å²) in [6.07, 6.45) is -4.72. The molecule has 0 aromatic heterocycles. The second-order valence-corrected chi connectivity index (χ2v) is 6.06. The number of para-hydroxylation sites is 1. The summed E-state index contributed by atoms with van der Waals surface area (Å²) in [6, 6.07) is 11.3. The molecule has 0 heterocycles. The third kappa shape index (κ3) is 5.45. The fourth-order valence-electron chi connectivity index (χ4n) is 2.10. The van der Waals surface area contributed by atoms with Gasteiger partial charge in [0.2, 0.25) is 0 Å². The Kier molecular flexibility index (Phi) is 6.20. The van der Waals surface area contributed by atoms with Crippen LogP contribution in [0.3, 0.4) is 0 Å². The standard InChI is InChI=1S/C18H17F3N2O2S/c1-11(2)25-16(24)12-7-9-13(10-8-12)22-17(26)23-15-6-4-3-5-14(15)18(19,20)21/h3-11H,1-2H3,(H2,22,23,26). The smallest absolute Gasteiger partial charge is 0.418 e. The molecule has 2 N–H and O–H groups in total. The van der Waals surface area contributed by atoms with Crippen LogP contribution in [-0.4, -0.2) is 17.2 Å². The highest BCUT2D eigenvalue weighted by molar-refractivity contribution is 7.80. The van der Waals surface area contributed by atoms with E-state index in [0.29, 0.717) is 11.3 Å². The zero-order valence-corrected chi connectivity index (χ0v) is 14.9. The van der Waals surface area contributed by atoms with Gasteiger partial charge in [-0.05, 0) is 62.5 Å². The first-order chi connectivity index (χ1) is 12.2. The molecule has 0 bridgehead atoms. The first kappa shape index (κ1) is 19.7. The van der Waals surface area contributed by atoms with Crippen LogP contribution in [-0.2, 0) is 10.9 Å². The van der Waals surface area contributed by atoms with Crippen molar-refractivity contribution in [1.29, 1.82) is 0 Å². The zero-order chi connectivity index (χ0) is 19.3. The largest absolute Gasteiger partial charge is 0.459 e. The van der Waals surface area contributed by atoms with E-state index in [4.69, 9.17) is 17.0 Å². The van der Waals surface area contributed by atoms with E-state index in [1.165, 1.54) is 18.2 Å². The van der Waals surface area contributed by atoms with E-state index in [9.17, 15) is 18.0 Å². The van der Waals surface area contributed by atoms with Crippen molar-refractivity contribution in [1.82, 2.24) is 0 Å². The van der Waals surface area contributed by atoms with Crippen molar-refractivity contribution in [2.75, 3.05) is 10.6 Å².